The summed E-state index contributed by atoms with van der Waals surface area (Å²) in [7, 11) is -3.76. The highest BCUT2D eigenvalue weighted by Crippen LogP contribution is 2.14. The van der Waals surface area contributed by atoms with Gasteiger partial charge in [-0.15, -0.1) is 0 Å². The van der Waals surface area contributed by atoms with E-state index in [1.54, 1.807) is 0 Å². The Morgan fingerprint density at radius 3 is 2.29 bits per heavy atom. The van der Waals surface area contributed by atoms with Crippen molar-refractivity contribution in [2.45, 2.75) is 11.8 Å². The Balaban J connectivity index is 2.14. The molecule has 0 atom stereocenters. The van der Waals surface area contributed by atoms with Crippen molar-refractivity contribution >= 4 is 27.4 Å². The fourth-order valence-electron chi connectivity index (χ4n) is 1.66. The second kappa shape index (κ2) is 5.51. The number of Topliss-reactive ketones (excluding diaryl/α,β-unsaturated/α-hetero) is 1. The van der Waals surface area contributed by atoms with Gasteiger partial charge < -0.3 is 10.3 Å². The highest BCUT2D eigenvalue weighted by molar-refractivity contribution is 7.89. The minimum atomic E-state index is -3.76. The van der Waals surface area contributed by atoms with Gasteiger partial charge in [-0.3, -0.25) is 9.59 Å². The number of primary sulfonamides is 1. The Labute approximate surface area is 121 Å². The van der Waals surface area contributed by atoms with Gasteiger partial charge in [-0.2, -0.15) is 0 Å². The summed E-state index contributed by atoms with van der Waals surface area (Å²) in [4.78, 5) is 25.7. The van der Waals surface area contributed by atoms with Crippen LogP contribution in [0.3, 0.4) is 0 Å². The summed E-state index contributed by atoms with van der Waals surface area (Å²) >= 11 is 0. The van der Waals surface area contributed by atoms with Gasteiger partial charge in [0.25, 0.3) is 5.91 Å². The van der Waals surface area contributed by atoms with Gasteiger partial charge in [0.05, 0.1) is 4.90 Å². The van der Waals surface area contributed by atoms with Crippen molar-refractivity contribution in [3.63, 3.8) is 0 Å². The van der Waals surface area contributed by atoms with Crippen LogP contribution in [-0.2, 0) is 10.0 Å². The molecule has 0 bridgehead atoms. The SMILES string of the molecule is CC(=O)c1c[nH]c(C(=O)Nc2ccc(S(N)(=O)=O)cc2)c1. The fourth-order valence-corrected chi connectivity index (χ4v) is 2.17. The van der Waals surface area contributed by atoms with Gasteiger partial charge >= 0.3 is 0 Å². The minimum absolute atomic E-state index is 0.0424. The summed E-state index contributed by atoms with van der Waals surface area (Å²) in [6, 6.07) is 6.87. The number of carbonyl (C=O) groups excluding carboxylic acids is 2. The zero-order chi connectivity index (χ0) is 15.6. The molecule has 2 aromatic rings. The normalized spacial score (nSPS) is 11.1. The van der Waals surface area contributed by atoms with Crippen molar-refractivity contribution < 1.29 is 18.0 Å². The smallest absolute Gasteiger partial charge is 0.272 e. The molecule has 110 valence electrons. The first-order chi connectivity index (χ1) is 9.77. The van der Waals surface area contributed by atoms with E-state index in [2.05, 4.69) is 10.3 Å². The van der Waals surface area contributed by atoms with Crippen LogP contribution in [0.25, 0.3) is 0 Å². The lowest BCUT2D eigenvalue weighted by Crippen LogP contribution is -2.14. The summed E-state index contributed by atoms with van der Waals surface area (Å²) in [5, 5.41) is 7.55. The average molecular weight is 307 g/mol. The van der Waals surface area contributed by atoms with E-state index >= 15 is 0 Å². The Hall–Kier alpha value is -2.45. The number of carbonyl (C=O) groups is 2. The number of nitrogens with two attached hydrogens (primary N) is 1. The van der Waals surface area contributed by atoms with E-state index in [9.17, 15) is 18.0 Å². The molecule has 0 saturated carbocycles. The lowest BCUT2D eigenvalue weighted by Gasteiger charge is -2.04. The molecular formula is C13H13N3O4S. The number of sulfonamides is 1. The van der Waals surface area contributed by atoms with Gasteiger partial charge in [-0.1, -0.05) is 0 Å². The van der Waals surface area contributed by atoms with Gasteiger partial charge in [0.2, 0.25) is 10.0 Å². The number of aromatic amines is 1. The summed E-state index contributed by atoms with van der Waals surface area (Å²) in [6.07, 6.45) is 1.45. The van der Waals surface area contributed by atoms with E-state index in [0.717, 1.165) is 0 Å². The summed E-state index contributed by atoms with van der Waals surface area (Å²) in [5.41, 5.74) is 1.05. The maximum atomic E-state index is 11.9. The predicted molar refractivity (Wildman–Crippen MR) is 76.6 cm³/mol. The topological polar surface area (TPSA) is 122 Å². The van der Waals surface area contributed by atoms with Crippen LogP contribution in [0.5, 0.6) is 0 Å². The summed E-state index contributed by atoms with van der Waals surface area (Å²) < 4.78 is 22.2. The van der Waals surface area contributed by atoms with Gasteiger partial charge in [-0.05, 0) is 37.3 Å². The molecule has 1 amide bonds. The molecule has 21 heavy (non-hydrogen) atoms. The molecule has 0 radical (unpaired) electrons. The number of nitrogens with one attached hydrogen (secondary N) is 2. The number of hydrogen-bond acceptors (Lipinski definition) is 4. The van der Waals surface area contributed by atoms with E-state index in [0.29, 0.717) is 11.3 Å². The van der Waals surface area contributed by atoms with Crippen LogP contribution in [-0.4, -0.2) is 25.1 Å². The highest BCUT2D eigenvalue weighted by Gasteiger charge is 2.12. The number of ketones is 1. The van der Waals surface area contributed by atoms with Gasteiger partial charge in [-0.25, -0.2) is 13.6 Å². The Morgan fingerprint density at radius 1 is 1.19 bits per heavy atom. The Kier molecular flexibility index (Phi) is 3.92. The number of hydrogen-bond donors (Lipinski definition) is 3. The molecule has 0 spiro atoms. The van der Waals surface area contributed by atoms with E-state index in [4.69, 9.17) is 5.14 Å². The van der Waals surface area contributed by atoms with Crippen LogP contribution >= 0.6 is 0 Å². The monoisotopic (exact) mass is 307 g/mol. The molecule has 8 heteroatoms. The molecule has 1 aromatic carbocycles. The van der Waals surface area contributed by atoms with Crippen molar-refractivity contribution in [3.05, 3.63) is 47.8 Å². The minimum Gasteiger partial charge on any atom is -0.356 e. The molecule has 1 aromatic heterocycles. The van der Waals surface area contributed by atoms with Crippen molar-refractivity contribution in [2.75, 3.05) is 5.32 Å². The van der Waals surface area contributed by atoms with Crippen molar-refractivity contribution in [2.24, 2.45) is 5.14 Å². The third-order valence-electron chi connectivity index (χ3n) is 2.77. The predicted octanol–water partition coefficient (Wildman–Crippen LogP) is 1.12. The van der Waals surface area contributed by atoms with E-state index in [-0.39, 0.29) is 16.4 Å². The lowest BCUT2D eigenvalue weighted by atomic mass is 10.2. The molecular weight excluding hydrogens is 294 g/mol. The zero-order valence-electron chi connectivity index (χ0n) is 11.1. The first kappa shape index (κ1) is 14.9. The number of benzene rings is 1. The van der Waals surface area contributed by atoms with Crippen LogP contribution in [0.2, 0.25) is 0 Å². The first-order valence-corrected chi connectivity index (χ1v) is 7.45. The molecule has 0 saturated heterocycles. The molecule has 7 nitrogen and oxygen atoms in total. The second-order valence-electron chi connectivity index (χ2n) is 4.38. The van der Waals surface area contributed by atoms with Crippen LogP contribution < -0.4 is 10.5 Å². The van der Waals surface area contributed by atoms with E-state index in [1.165, 1.54) is 43.5 Å². The maximum Gasteiger partial charge on any atom is 0.272 e. The Bertz CT molecular complexity index is 791. The first-order valence-electron chi connectivity index (χ1n) is 5.91. The van der Waals surface area contributed by atoms with Crippen molar-refractivity contribution in [1.82, 2.24) is 4.98 Å². The third kappa shape index (κ3) is 3.56. The molecule has 0 aliphatic rings. The van der Waals surface area contributed by atoms with Crippen LogP contribution in [0.1, 0.15) is 27.8 Å². The van der Waals surface area contributed by atoms with Crippen LogP contribution in [0, 0.1) is 0 Å². The maximum absolute atomic E-state index is 11.9. The van der Waals surface area contributed by atoms with Crippen molar-refractivity contribution in [3.8, 4) is 0 Å². The van der Waals surface area contributed by atoms with Crippen LogP contribution in [0.4, 0.5) is 5.69 Å². The molecule has 0 unspecified atom stereocenters. The number of anilines is 1. The molecule has 0 fully saturated rings. The number of aromatic nitrogens is 1. The molecule has 0 aliphatic heterocycles. The van der Waals surface area contributed by atoms with Gasteiger partial charge in [0.15, 0.2) is 5.78 Å². The van der Waals surface area contributed by atoms with Gasteiger partial charge in [0, 0.05) is 17.4 Å². The van der Waals surface area contributed by atoms with Crippen molar-refractivity contribution in [1.29, 1.82) is 0 Å². The summed E-state index contributed by atoms with van der Waals surface area (Å²) in [5.74, 6) is -0.589. The van der Waals surface area contributed by atoms with E-state index in [1.807, 2.05) is 0 Å². The summed E-state index contributed by atoms with van der Waals surface area (Å²) in [6.45, 7) is 1.40. The highest BCUT2D eigenvalue weighted by atomic mass is 32.2. The second-order valence-corrected chi connectivity index (χ2v) is 5.94. The molecule has 0 aliphatic carbocycles. The van der Waals surface area contributed by atoms with Gasteiger partial charge in [0.1, 0.15) is 5.69 Å². The molecule has 4 N–H and O–H groups in total. The standard InChI is InChI=1S/C13H13N3O4S/c1-8(17)9-6-12(15-7-9)13(18)16-10-2-4-11(5-3-10)21(14,19)20/h2-7,15H,1H3,(H,16,18)(H2,14,19,20). The van der Waals surface area contributed by atoms with E-state index < -0.39 is 15.9 Å². The zero-order valence-corrected chi connectivity index (χ0v) is 11.9. The molecule has 2 rings (SSSR count). The average Bonchev–Trinajstić information content (AvgIpc) is 2.88. The Morgan fingerprint density at radius 2 is 1.81 bits per heavy atom. The third-order valence-corrected chi connectivity index (χ3v) is 3.70. The largest absolute Gasteiger partial charge is 0.356 e. The number of rotatable bonds is 4. The quantitative estimate of drug-likeness (QED) is 0.732. The molecule has 1 heterocycles. The fraction of sp³-hybridized carbons (Fsp3) is 0.0769. The lowest BCUT2D eigenvalue weighted by molar-refractivity contribution is 0.101. The van der Waals surface area contributed by atoms with Crippen LogP contribution in [0.15, 0.2) is 41.4 Å². The number of amides is 1. The number of H-pyrrole nitrogens is 1.